The van der Waals surface area contributed by atoms with Gasteiger partial charge in [-0.3, -0.25) is 10.1 Å². The molecule has 0 atom stereocenters. The number of ketones is 1. The molecule has 138 valence electrons. The number of benzene rings is 2. The lowest BCUT2D eigenvalue weighted by molar-refractivity contribution is 0.102. The highest BCUT2D eigenvalue weighted by atomic mass is 35.5. The van der Waals surface area contributed by atoms with Crippen molar-refractivity contribution in [2.75, 3.05) is 16.4 Å². The molecule has 0 aliphatic carbocycles. The number of halogens is 2. The zero-order chi connectivity index (χ0) is 19.2. The molecule has 2 N–H and O–H groups in total. The number of amides is 2. The molecule has 3 rings (SSSR count). The molecule has 6 nitrogen and oxygen atoms in total. The monoisotopic (exact) mass is 438 g/mol. The van der Waals surface area contributed by atoms with E-state index >= 15 is 0 Å². The van der Waals surface area contributed by atoms with Crippen LogP contribution in [0.5, 0.6) is 0 Å². The van der Waals surface area contributed by atoms with E-state index in [0.29, 0.717) is 30.8 Å². The SMILES string of the molecule is O=C(Nc1ccc(Cl)c(Cl)c1)Nc1nnc(SCC(=O)c2ccccc2)s1. The van der Waals surface area contributed by atoms with E-state index in [2.05, 4.69) is 20.8 Å². The average molecular weight is 439 g/mol. The van der Waals surface area contributed by atoms with E-state index in [4.69, 9.17) is 23.2 Å². The smallest absolute Gasteiger partial charge is 0.308 e. The molecule has 2 amide bonds. The molecule has 0 spiro atoms. The van der Waals surface area contributed by atoms with Crippen LogP contribution in [0, 0.1) is 0 Å². The van der Waals surface area contributed by atoms with E-state index in [0.717, 1.165) is 0 Å². The minimum absolute atomic E-state index is 0.00247. The van der Waals surface area contributed by atoms with Crippen LogP contribution < -0.4 is 10.6 Å². The maximum absolute atomic E-state index is 12.1. The Kier molecular flexibility index (Phi) is 6.68. The van der Waals surface area contributed by atoms with Crippen molar-refractivity contribution in [2.45, 2.75) is 4.34 Å². The van der Waals surface area contributed by atoms with Gasteiger partial charge in [0, 0.05) is 11.3 Å². The van der Waals surface area contributed by atoms with E-state index < -0.39 is 6.03 Å². The minimum Gasteiger partial charge on any atom is -0.308 e. The van der Waals surface area contributed by atoms with Crippen LogP contribution in [-0.4, -0.2) is 27.8 Å². The maximum Gasteiger partial charge on any atom is 0.325 e. The molecule has 27 heavy (non-hydrogen) atoms. The van der Waals surface area contributed by atoms with Crippen molar-refractivity contribution in [1.29, 1.82) is 0 Å². The van der Waals surface area contributed by atoms with Gasteiger partial charge < -0.3 is 5.32 Å². The summed E-state index contributed by atoms with van der Waals surface area (Å²) in [4.78, 5) is 24.1. The number of aromatic nitrogens is 2. The third-order valence-electron chi connectivity index (χ3n) is 3.23. The molecule has 0 bridgehead atoms. The predicted octanol–water partition coefficient (Wildman–Crippen LogP) is 5.46. The fourth-order valence-electron chi connectivity index (χ4n) is 1.99. The quantitative estimate of drug-likeness (QED) is 0.303. The lowest BCUT2D eigenvalue weighted by Crippen LogP contribution is -2.19. The fraction of sp³-hybridized carbons (Fsp3) is 0.0588. The van der Waals surface area contributed by atoms with Crippen molar-refractivity contribution >= 4 is 68.9 Å². The van der Waals surface area contributed by atoms with Crippen molar-refractivity contribution in [3.8, 4) is 0 Å². The van der Waals surface area contributed by atoms with Gasteiger partial charge in [-0.2, -0.15) is 0 Å². The number of nitrogens with zero attached hydrogens (tertiary/aromatic N) is 2. The number of hydrogen-bond donors (Lipinski definition) is 2. The van der Waals surface area contributed by atoms with Gasteiger partial charge in [-0.1, -0.05) is 76.6 Å². The Hall–Kier alpha value is -2.13. The highest BCUT2D eigenvalue weighted by Crippen LogP contribution is 2.27. The Morgan fingerprint density at radius 1 is 1.00 bits per heavy atom. The number of anilines is 2. The number of hydrogen-bond acceptors (Lipinski definition) is 6. The summed E-state index contributed by atoms with van der Waals surface area (Å²) in [6.07, 6.45) is 0. The molecule has 0 radical (unpaired) electrons. The molecule has 0 saturated heterocycles. The van der Waals surface area contributed by atoms with E-state index in [9.17, 15) is 9.59 Å². The van der Waals surface area contributed by atoms with Crippen LogP contribution in [-0.2, 0) is 0 Å². The highest BCUT2D eigenvalue weighted by molar-refractivity contribution is 8.01. The lowest BCUT2D eigenvalue weighted by atomic mass is 10.2. The first kappa shape index (κ1) is 19.6. The molecular weight excluding hydrogens is 427 g/mol. The number of carbonyl (C=O) groups excluding carboxylic acids is 2. The van der Waals surface area contributed by atoms with E-state index in [-0.39, 0.29) is 11.5 Å². The standard InChI is InChI=1S/C17H12Cl2N4O2S2/c18-12-7-6-11(8-13(12)19)20-15(25)21-16-22-23-17(27-16)26-9-14(24)10-4-2-1-3-5-10/h1-8H,9H2,(H2,20,21,22,25). The van der Waals surface area contributed by atoms with Crippen molar-refractivity contribution in [3.05, 3.63) is 64.1 Å². The number of thioether (sulfide) groups is 1. The summed E-state index contributed by atoms with van der Waals surface area (Å²) in [6, 6.07) is 13.3. The van der Waals surface area contributed by atoms with Gasteiger partial charge in [-0.25, -0.2) is 4.79 Å². The second-order valence-corrected chi connectivity index (χ2v) is 8.17. The molecule has 10 heteroatoms. The molecule has 0 aliphatic heterocycles. The number of Topliss-reactive ketones (excluding diaryl/α,β-unsaturated/α-hetero) is 1. The van der Waals surface area contributed by atoms with Crippen molar-refractivity contribution in [1.82, 2.24) is 10.2 Å². The summed E-state index contributed by atoms with van der Waals surface area (Å²) in [6.45, 7) is 0. The molecule has 1 aromatic heterocycles. The number of nitrogens with one attached hydrogen (secondary N) is 2. The molecular formula is C17H12Cl2N4O2S2. The van der Waals surface area contributed by atoms with Crippen LogP contribution in [0.2, 0.25) is 10.0 Å². The number of carbonyl (C=O) groups is 2. The van der Waals surface area contributed by atoms with E-state index in [1.165, 1.54) is 23.1 Å². The first-order valence-electron chi connectivity index (χ1n) is 7.59. The van der Waals surface area contributed by atoms with Crippen LogP contribution in [0.3, 0.4) is 0 Å². The summed E-state index contributed by atoms with van der Waals surface area (Å²) in [5, 5.41) is 14.1. The average Bonchev–Trinajstić information content (AvgIpc) is 3.10. The topological polar surface area (TPSA) is 84.0 Å². The van der Waals surface area contributed by atoms with Crippen molar-refractivity contribution < 1.29 is 9.59 Å². The molecule has 0 saturated carbocycles. The Morgan fingerprint density at radius 2 is 1.78 bits per heavy atom. The third kappa shape index (κ3) is 5.67. The van der Waals surface area contributed by atoms with Crippen LogP contribution in [0.15, 0.2) is 52.9 Å². The van der Waals surface area contributed by atoms with Gasteiger partial charge in [0.25, 0.3) is 0 Å². The first-order chi connectivity index (χ1) is 13.0. The predicted molar refractivity (Wildman–Crippen MR) is 111 cm³/mol. The maximum atomic E-state index is 12.1. The van der Waals surface area contributed by atoms with Crippen molar-refractivity contribution in [3.63, 3.8) is 0 Å². The van der Waals surface area contributed by atoms with Crippen LogP contribution in [0.25, 0.3) is 0 Å². The largest absolute Gasteiger partial charge is 0.325 e. The van der Waals surface area contributed by atoms with Gasteiger partial charge in [-0.05, 0) is 18.2 Å². The van der Waals surface area contributed by atoms with Gasteiger partial charge in [0.1, 0.15) is 0 Å². The Morgan fingerprint density at radius 3 is 2.52 bits per heavy atom. The summed E-state index contributed by atoms with van der Waals surface area (Å²) in [5.41, 5.74) is 1.14. The molecule has 2 aromatic carbocycles. The zero-order valence-corrected chi connectivity index (χ0v) is 16.8. The second-order valence-electron chi connectivity index (χ2n) is 5.16. The molecule has 0 fully saturated rings. The zero-order valence-electron chi connectivity index (χ0n) is 13.6. The van der Waals surface area contributed by atoms with Crippen LogP contribution in [0.1, 0.15) is 10.4 Å². The third-order valence-corrected chi connectivity index (χ3v) is 5.94. The number of rotatable bonds is 6. The van der Waals surface area contributed by atoms with Gasteiger partial charge >= 0.3 is 6.03 Å². The van der Waals surface area contributed by atoms with Crippen LogP contribution in [0.4, 0.5) is 15.6 Å². The second kappa shape index (κ2) is 9.18. The van der Waals surface area contributed by atoms with Gasteiger partial charge in [0.05, 0.1) is 15.8 Å². The Balaban J connectivity index is 1.52. The van der Waals surface area contributed by atoms with Gasteiger partial charge in [0.15, 0.2) is 10.1 Å². The van der Waals surface area contributed by atoms with Gasteiger partial charge in [0.2, 0.25) is 5.13 Å². The molecule has 1 heterocycles. The fourth-order valence-corrected chi connectivity index (χ4v) is 3.93. The normalized spacial score (nSPS) is 10.4. The summed E-state index contributed by atoms with van der Waals surface area (Å²) in [7, 11) is 0. The van der Waals surface area contributed by atoms with E-state index in [1.54, 1.807) is 30.3 Å². The molecule has 3 aromatic rings. The number of urea groups is 1. The summed E-state index contributed by atoms with van der Waals surface area (Å²) < 4.78 is 0.587. The first-order valence-corrected chi connectivity index (χ1v) is 10.1. The van der Waals surface area contributed by atoms with E-state index in [1.807, 2.05) is 18.2 Å². The molecule has 0 aliphatic rings. The highest BCUT2D eigenvalue weighted by Gasteiger charge is 2.12. The van der Waals surface area contributed by atoms with Crippen molar-refractivity contribution in [2.24, 2.45) is 0 Å². The minimum atomic E-state index is -0.485. The summed E-state index contributed by atoms with van der Waals surface area (Å²) in [5.74, 6) is 0.247. The molecule has 0 unspecified atom stereocenters. The Labute approximate surface area is 173 Å². The van der Waals surface area contributed by atoms with Gasteiger partial charge in [-0.15, -0.1) is 10.2 Å². The van der Waals surface area contributed by atoms with Crippen LogP contribution >= 0.6 is 46.3 Å². The summed E-state index contributed by atoms with van der Waals surface area (Å²) >= 11 is 14.2. The Bertz CT molecular complexity index is 967. The lowest BCUT2D eigenvalue weighted by Gasteiger charge is -2.05.